The van der Waals surface area contributed by atoms with Gasteiger partial charge in [-0.3, -0.25) is 14.3 Å². The van der Waals surface area contributed by atoms with E-state index in [1.54, 1.807) is 15.8 Å². The number of nitrogen functional groups attached to an aromatic ring is 1. The normalized spacial score (nSPS) is 16.0. The molecule has 1 saturated heterocycles. The number of amides is 2. The Bertz CT molecular complexity index is 1180. The lowest BCUT2D eigenvalue weighted by molar-refractivity contribution is -0.131. The lowest BCUT2D eigenvalue weighted by Crippen LogP contribution is -2.49. The van der Waals surface area contributed by atoms with Crippen LogP contribution >= 0.6 is 0 Å². The van der Waals surface area contributed by atoms with Crippen molar-refractivity contribution in [3.8, 4) is 0 Å². The Morgan fingerprint density at radius 3 is 2.50 bits per heavy atom. The highest BCUT2D eigenvalue weighted by Gasteiger charge is 2.32. The molecule has 2 aliphatic rings. The maximum atomic E-state index is 13.4. The van der Waals surface area contributed by atoms with Gasteiger partial charge in [-0.25, -0.2) is 4.98 Å². The van der Waals surface area contributed by atoms with Crippen LogP contribution in [0.15, 0.2) is 48.7 Å². The number of fused-ring (bicyclic) bond motifs is 1. The van der Waals surface area contributed by atoms with Gasteiger partial charge >= 0.3 is 0 Å². The number of aryl methyl sites for hydroxylation is 2. The summed E-state index contributed by atoms with van der Waals surface area (Å²) in [5.41, 5.74) is 9.42. The smallest absolute Gasteiger partial charge is 0.276 e. The van der Waals surface area contributed by atoms with Crippen LogP contribution in [0.25, 0.3) is 0 Å². The van der Waals surface area contributed by atoms with Crippen molar-refractivity contribution in [1.82, 2.24) is 19.7 Å². The number of benzene rings is 1. The molecule has 0 atom stereocenters. The van der Waals surface area contributed by atoms with E-state index in [1.165, 1.54) is 0 Å². The van der Waals surface area contributed by atoms with Gasteiger partial charge in [0.2, 0.25) is 5.91 Å². The Hall–Kier alpha value is -3.88. The first kappa shape index (κ1) is 21.9. The quantitative estimate of drug-likeness (QED) is 0.627. The van der Waals surface area contributed by atoms with Gasteiger partial charge in [-0.2, -0.15) is 5.10 Å². The molecule has 0 bridgehead atoms. The lowest BCUT2D eigenvalue weighted by Gasteiger charge is -2.35. The third-order valence-corrected chi connectivity index (χ3v) is 6.60. The molecule has 1 aromatic carbocycles. The van der Waals surface area contributed by atoms with Gasteiger partial charge in [0.05, 0.1) is 6.54 Å². The van der Waals surface area contributed by atoms with Crippen molar-refractivity contribution in [2.45, 2.75) is 26.3 Å². The number of piperazine rings is 1. The number of rotatable bonds is 5. The highest BCUT2D eigenvalue weighted by molar-refractivity contribution is 6.07. The van der Waals surface area contributed by atoms with Crippen molar-refractivity contribution in [3.05, 3.63) is 65.5 Å². The van der Waals surface area contributed by atoms with Crippen LogP contribution in [0.1, 0.15) is 28.0 Å². The van der Waals surface area contributed by atoms with E-state index in [1.807, 2.05) is 54.3 Å². The first-order valence-corrected chi connectivity index (χ1v) is 11.7. The fraction of sp³-hybridized carbons (Fsp3) is 0.360. The van der Waals surface area contributed by atoms with Gasteiger partial charge in [0.15, 0.2) is 0 Å². The predicted molar refractivity (Wildman–Crippen MR) is 131 cm³/mol. The summed E-state index contributed by atoms with van der Waals surface area (Å²) < 4.78 is 1.62. The number of anilines is 3. The van der Waals surface area contributed by atoms with E-state index in [2.05, 4.69) is 15.0 Å². The zero-order valence-electron chi connectivity index (χ0n) is 19.4. The molecule has 3 aromatic rings. The molecule has 0 unspecified atom stereocenters. The molecule has 0 aliphatic carbocycles. The molecule has 0 radical (unpaired) electrons. The average Bonchev–Trinajstić information content (AvgIpc) is 3.20. The van der Waals surface area contributed by atoms with Crippen LogP contribution in [0.2, 0.25) is 0 Å². The number of carbonyl (C=O) groups excluding carboxylic acids is 2. The van der Waals surface area contributed by atoms with Crippen molar-refractivity contribution >= 4 is 29.1 Å². The number of nitrogens with two attached hydrogens (primary N) is 1. The fourth-order valence-electron chi connectivity index (χ4n) is 4.67. The molecule has 9 heteroatoms. The Morgan fingerprint density at radius 2 is 1.79 bits per heavy atom. The SMILES string of the molecule is Cc1ccc(N2CCc3c(N)nn(CCC(=O)N4CCN(c5ccccn5)CC4)c3C2=O)cc1. The molecule has 176 valence electrons. The van der Waals surface area contributed by atoms with E-state index in [0.29, 0.717) is 44.1 Å². The first-order valence-electron chi connectivity index (χ1n) is 11.7. The zero-order valence-corrected chi connectivity index (χ0v) is 19.4. The Balaban J connectivity index is 1.24. The van der Waals surface area contributed by atoms with E-state index in [4.69, 9.17) is 5.73 Å². The van der Waals surface area contributed by atoms with Gasteiger partial charge in [0.25, 0.3) is 5.91 Å². The van der Waals surface area contributed by atoms with E-state index < -0.39 is 0 Å². The van der Waals surface area contributed by atoms with Crippen molar-refractivity contribution < 1.29 is 9.59 Å². The number of aromatic nitrogens is 3. The lowest BCUT2D eigenvalue weighted by atomic mass is 10.0. The minimum atomic E-state index is -0.120. The summed E-state index contributed by atoms with van der Waals surface area (Å²) in [6, 6.07) is 13.8. The second kappa shape index (κ2) is 9.17. The summed E-state index contributed by atoms with van der Waals surface area (Å²) in [6.45, 7) is 5.69. The number of hydrogen-bond acceptors (Lipinski definition) is 6. The molecule has 0 saturated carbocycles. The minimum Gasteiger partial charge on any atom is -0.382 e. The molecular formula is C25H29N7O2. The van der Waals surface area contributed by atoms with Crippen molar-refractivity contribution in [2.24, 2.45) is 0 Å². The molecule has 0 spiro atoms. The van der Waals surface area contributed by atoms with E-state index in [-0.39, 0.29) is 18.2 Å². The highest BCUT2D eigenvalue weighted by Crippen LogP contribution is 2.28. The zero-order chi connectivity index (χ0) is 23.7. The van der Waals surface area contributed by atoms with Crippen molar-refractivity contribution in [1.29, 1.82) is 0 Å². The maximum Gasteiger partial charge on any atom is 0.276 e. The van der Waals surface area contributed by atoms with E-state index >= 15 is 0 Å². The summed E-state index contributed by atoms with van der Waals surface area (Å²) in [5, 5.41) is 4.41. The first-order chi connectivity index (χ1) is 16.5. The average molecular weight is 460 g/mol. The van der Waals surface area contributed by atoms with Gasteiger partial charge in [0.1, 0.15) is 17.3 Å². The van der Waals surface area contributed by atoms with Crippen LogP contribution in [-0.4, -0.2) is 64.2 Å². The van der Waals surface area contributed by atoms with Crippen LogP contribution in [0.4, 0.5) is 17.3 Å². The molecule has 34 heavy (non-hydrogen) atoms. The van der Waals surface area contributed by atoms with Crippen LogP contribution in [0, 0.1) is 6.92 Å². The van der Waals surface area contributed by atoms with Crippen LogP contribution in [-0.2, 0) is 17.8 Å². The molecule has 2 amide bonds. The molecule has 1 fully saturated rings. The Labute approximate surface area is 198 Å². The van der Waals surface area contributed by atoms with Gasteiger partial charge in [0, 0.05) is 56.6 Å². The second-order valence-electron chi connectivity index (χ2n) is 8.78. The van der Waals surface area contributed by atoms with E-state index in [0.717, 1.165) is 35.7 Å². The molecule has 5 rings (SSSR count). The predicted octanol–water partition coefficient (Wildman–Crippen LogP) is 2.11. The second-order valence-corrected chi connectivity index (χ2v) is 8.78. The van der Waals surface area contributed by atoms with Gasteiger partial charge < -0.3 is 20.4 Å². The van der Waals surface area contributed by atoms with Crippen LogP contribution in [0.5, 0.6) is 0 Å². The van der Waals surface area contributed by atoms with Crippen molar-refractivity contribution in [2.75, 3.05) is 48.3 Å². The maximum absolute atomic E-state index is 13.4. The highest BCUT2D eigenvalue weighted by atomic mass is 16.2. The molecule has 2 N–H and O–H groups in total. The number of carbonyl (C=O) groups is 2. The summed E-state index contributed by atoms with van der Waals surface area (Å²) in [5.74, 6) is 1.25. The standard InChI is InChI=1S/C25H29N7O2/c1-18-5-7-19(8-6-18)31-12-9-20-23(25(31)34)32(28-24(20)26)13-10-22(33)30-16-14-29(15-17-30)21-4-2-3-11-27-21/h2-8,11H,9-10,12-17H2,1H3,(H2,26,28). The number of hydrogen-bond donors (Lipinski definition) is 1. The Kier molecular flexibility index (Phi) is 5.91. The Morgan fingerprint density at radius 1 is 1.03 bits per heavy atom. The summed E-state index contributed by atoms with van der Waals surface area (Å²) in [6.07, 6.45) is 2.70. The minimum absolute atomic E-state index is 0.0575. The number of nitrogens with zero attached hydrogens (tertiary/aromatic N) is 6. The summed E-state index contributed by atoms with van der Waals surface area (Å²) >= 11 is 0. The van der Waals surface area contributed by atoms with Gasteiger partial charge in [-0.15, -0.1) is 0 Å². The summed E-state index contributed by atoms with van der Waals surface area (Å²) in [4.78, 5) is 36.5. The van der Waals surface area contributed by atoms with E-state index in [9.17, 15) is 9.59 Å². The van der Waals surface area contributed by atoms with Crippen molar-refractivity contribution in [3.63, 3.8) is 0 Å². The third-order valence-electron chi connectivity index (χ3n) is 6.60. The van der Waals surface area contributed by atoms with Crippen LogP contribution < -0.4 is 15.5 Å². The monoisotopic (exact) mass is 459 g/mol. The van der Waals surface area contributed by atoms with Gasteiger partial charge in [-0.05, 0) is 37.6 Å². The molecule has 4 heterocycles. The topological polar surface area (TPSA) is 101 Å². The van der Waals surface area contributed by atoms with Gasteiger partial charge in [-0.1, -0.05) is 23.8 Å². The largest absolute Gasteiger partial charge is 0.382 e. The fourth-order valence-corrected chi connectivity index (χ4v) is 4.67. The molecule has 2 aliphatic heterocycles. The summed E-state index contributed by atoms with van der Waals surface area (Å²) in [7, 11) is 0. The number of pyridine rings is 1. The molecule has 9 nitrogen and oxygen atoms in total. The molecule has 2 aromatic heterocycles. The third kappa shape index (κ3) is 4.21. The van der Waals surface area contributed by atoms with Crippen LogP contribution in [0.3, 0.4) is 0 Å². The molecular weight excluding hydrogens is 430 g/mol.